The van der Waals surface area contributed by atoms with Crippen LogP contribution in [0.4, 0.5) is 5.69 Å². The fraction of sp³-hybridized carbons (Fsp3) is 0.250. The smallest absolute Gasteiger partial charge is 0.230 e. The van der Waals surface area contributed by atoms with Crippen LogP contribution in [0.25, 0.3) is 0 Å². The van der Waals surface area contributed by atoms with Crippen LogP contribution in [-0.4, -0.2) is 16.6 Å². The lowest BCUT2D eigenvalue weighted by Crippen LogP contribution is -2.15. The number of hydrogen-bond acceptors (Lipinski definition) is 4. The van der Waals surface area contributed by atoms with Gasteiger partial charge in [-0.2, -0.15) is 0 Å². The number of benzene rings is 2. The van der Waals surface area contributed by atoms with Gasteiger partial charge in [0.2, 0.25) is 5.91 Å². The molecule has 1 aliphatic rings. The minimum absolute atomic E-state index is 0.0529. The van der Waals surface area contributed by atoms with E-state index in [2.05, 4.69) is 41.5 Å². The van der Waals surface area contributed by atoms with E-state index in [0.29, 0.717) is 0 Å². The first-order valence-corrected chi connectivity index (χ1v) is 12.2. The third kappa shape index (κ3) is 5.39. The molecule has 1 fully saturated rings. The van der Waals surface area contributed by atoms with E-state index in [9.17, 15) is 4.79 Å². The van der Waals surface area contributed by atoms with Crippen LogP contribution in [0, 0.1) is 0 Å². The Labute approximate surface area is 191 Å². The van der Waals surface area contributed by atoms with Crippen LogP contribution in [0.1, 0.15) is 31.0 Å². The summed E-state index contributed by atoms with van der Waals surface area (Å²) < 4.78 is 0.137. The zero-order valence-electron chi connectivity index (χ0n) is 16.7. The summed E-state index contributed by atoms with van der Waals surface area (Å²) in [5.74, 6) is 0.958. The highest BCUT2D eigenvalue weighted by molar-refractivity contribution is 8.00. The van der Waals surface area contributed by atoms with Gasteiger partial charge in [0.1, 0.15) is 0 Å². The third-order valence-corrected chi connectivity index (χ3v) is 7.63. The molecule has 0 saturated heterocycles. The Morgan fingerprint density at radius 1 is 1.03 bits per heavy atom. The van der Waals surface area contributed by atoms with Gasteiger partial charge < -0.3 is 5.32 Å². The second-order valence-corrected chi connectivity index (χ2v) is 10.5. The monoisotopic (exact) mass is 454 g/mol. The van der Waals surface area contributed by atoms with Crippen LogP contribution in [0.2, 0.25) is 5.02 Å². The van der Waals surface area contributed by atoms with E-state index >= 15 is 0 Å². The Balaban J connectivity index is 1.35. The molecule has 3 aromatic rings. The number of nitrogens with zero attached hydrogens (tertiary/aromatic N) is 1. The third-order valence-electron chi connectivity index (χ3n) is 4.98. The molecule has 1 aliphatic carbocycles. The fourth-order valence-electron chi connectivity index (χ4n) is 3.29. The van der Waals surface area contributed by atoms with Gasteiger partial charge in [0.25, 0.3) is 0 Å². The zero-order valence-corrected chi connectivity index (χ0v) is 19.1. The molecule has 154 valence electrons. The molecule has 6 heteroatoms. The quantitative estimate of drug-likeness (QED) is 0.379. The molecule has 1 N–H and O–H groups in total. The van der Waals surface area contributed by atoms with E-state index in [1.807, 2.05) is 54.4 Å². The lowest BCUT2D eigenvalue weighted by atomic mass is 10.1. The highest BCUT2D eigenvalue weighted by atomic mass is 35.5. The SMILES string of the molecule is CCSc1ccc(CC(=O)Nc2ccc(C3(Sc4ccc(Cl)cc4)CC3)cc2)nc1. The van der Waals surface area contributed by atoms with E-state index in [0.717, 1.165) is 39.9 Å². The minimum atomic E-state index is -0.0529. The second kappa shape index (κ2) is 9.46. The lowest BCUT2D eigenvalue weighted by molar-refractivity contribution is -0.115. The van der Waals surface area contributed by atoms with Crippen molar-refractivity contribution in [2.24, 2.45) is 0 Å². The highest BCUT2D eigenvalue weighted by Crippen LogP contribution is 2.59. The van der Waals surface area contributed by atoms with E-state index in [4.69, 9.17) is 11.6 Å². The number of carbonyl (C=O) groups is 1. The van der Waals surface area contributed by atoms with Crippen LogP contribution >= 0.6 is 35.1 Å². The summed E-state index contributed by atoms with van der Waals surface area (Å²) in [6.45, 7) is 2.11. The maximum atomic E-state index is 12.4. The van der Waals surface area contributed by atoms with Gasteiger partial charge in [0.15, 0.2) is 0 Å². The number of aromatic nitrogens is 1. The summed E-state index contributed by atoms with van der Waals surface area (Å²) in [4.78, 5) is 19.1. The van der Waals surface area contributed by atoms with Crippen molar-refractivity contribution in [2.45, 2.75) is 40.7 Å². The molecule has 1 heterocycles. The molecule has 1 aromatic heterocycles. The van der Waals surface area contributed by atoms with E-state index < -0.39 is 0 Å². The van der Waals surface area contributed by atoms with Crippen LogP contribution in [0.3, 0.4) is 0 Å². The number of amides is 1. The van der Waals surface area contributed by atoms with Crippen molar-refractivity contribution < 1.29 is 4.79 Å². The first-order valence-electron chi connectivity index (χ1n) is 9.99. The summed E-state index contributed by atoms with van der Waals surface area (Å²) in [6.07, 6.45) is 4.42. The van der Waals surface area contributed by atoms with E-state index in [1.165, 1.54) is 10.5 Å². The predicted octanol–water partition coefficient (Wildman–Crippen LogP) is 6.81. The Morgan fingerprint density at radius 3 is 2.33 bits per heavy atom. The molecule has 4 rings (SSSR count). The summed E-state index contributed by atoms with van der Waals surface area (Å²) >= 11 is 9.63. The lowest BCUT2D eigenvalue weighted by Gasteiger charge is -2.16. The topological polar surface area (TPSA) is 42.0 Å². The van der Waals surface area contributed by atoms with Gasteiger partial charge in [-0.25, -0.2) is 0 Å². The van der Waals surface area contributed by atoms with Gasteiger partial charge in [-0.05, 0) is 72.7 Å². The van der Waals surface area contributed by atoms with Crippen LogP contribution in [0.5, 0.6) is 0 Å². The van der Waals surface area contributed by atoms with Crippen molar-refractivity contribution >= 4 is 46.7 Å². The van der Waals surface area contributed by atoms with Gasteiger partial charge in [-0.15, -0.1) is 23.5 Å². The number of carbonyl (C=O) groups excluding carboxylic acids is 1. The molecule has 3 nitrogen and oxygen atoms in total. The number of halogens is 1. The van der Waals surface area contributed by atoms with Gasteiger partial charge in [0, 0.05) is 37.1 Å². The molecule has 30 heavy (non-hydrogen) atoms. The van der Waals surface area contributed by atoms with Gasteiger partial charge in [0.05, 0.1) is 6.42 Å². The molecular weight excluding hydrogens is 432 g/mol. The van der Waals surface area contributed by atoms with Crippen LogP contribution in [0.15, 0.2) is 76.7 Å². The van der Waals surface area contributed by atoms with Crippen LogP contribution < -0.4 is 5.32 Å². The number of hydrogen-bond donors (Lipinski definition) is 1. The fourth-order valence-corrected chi connectivity index (χ4v) is 5.32. The average molecular weight is 455 g/mol. The first-order chi connectivity index (χ1) is 14.6. The van der Waals surface area contributed by atoms with Crippen molar-refractivity contribution in [3.8, 4) is 0 Å². The Morgan fingerprint density at radius 2 is 1.73 bits per heavy atom. The largest absolute Gasteiger partial charge is 0.326 e. The van der Waals surface area contributed by atoms with Crippen molar-refractivity contribution in [1.29, 1.82) is 0 Å². The van der Waals surface area contributed by atoms with Gasteiger partial charge >= 0.3 is 0 Å². The van der Waals surface area contributed by atoms with Crippen LogP contribution in [-0.2, 0) is 16.0 Å². The molecule has 0 atom stereocenters. The molecule has 1 amide bonds. The zero-order chi connectivity index (χ0) is 21.0. The van der Waals surface area contributed by atoms with E-state index in [1.54, 1.807) is 11.8 Å². The average Bonchev–Trinajstić information content (AvgIpc) is 3.52. The Hall–Kier alpha value is -1.95. The Kier molecular flexibility index (Phi) is 6.71. The molecular formula is C24H23ClN2OS2. The number of rotatable bonds is 8. The molecule has 1 saturated carbocycles. The summed E-state index contributed by atoms with van der Waals surface area (Å²) in [7, 11) is 0. The molecule has 0 radical (unpaired) electrons. The number of nitrogens with one attached hydrogen (secondary N) is 1. The van der Waals surface area contributed by atoms with Crippen molar-refractivity contribution in [2.75, 3.05) is 11.1 Å². The highest BCUT2D eigenvalue weighted by Gasteiger charge is 2.45. The number of anilines is 1. The second-order valence-electron chi connectivity index (χ2n) is 7.27. The molecule has 2 aromatic carbocycles. The van der Waals surface area contributed by atoms with Gasteiger partial charge in [-0.1, -0.05) is 30.7 Å². The molecule has 0 bridgehead atoms. The molecule has 0 spiro atoms. The van der Waals surface area contributed by atoms with E-state index in [-0.39, 0.29) is 17.1 Å². The predicted molar refractivity (Wildman–Crippen MR) is 128 cm³/mol. The summed E-state index contributed by atoms with van der Waals surface area (Å²) in [5.41, 5.74) is 2.89. The maximum Gasteiger partial charge on any atom is 0.230 e. The number of thioether (sulfide) groups is 2. The first kappa shape index (κ1) is 21.3. The summed E-state index contributed by atoms with van der Waals surface area (Å²) in [5, 5.41) is 3.74. The normalized spacial score (nSPS) is 14.3. The number of pyridine rings is 1. The van der Waals surface area contributed by atoms with Crippen molar-refractivity contribution in [3.05, 3.63) is 83.1 Å². The van der Waals surface area contributed by atoms with Crippen molar-refractivity contribution in [1.82, 2.24) is 4.98 Å². The summed E-state index contributed by atoms with van der Waals surface area (Å²) in [6, 6.07) is 20.2. The standard InChI is InChI=1S/C24H23ClN2OS2/c1-2-29-22-12-9-20(26-16-22)15-23(28)27-19-7-3-17(4-8-19)24(13-14-24)30-21-10-5-18(25)6-11-21/h3-12,16H,2,13-15H2,1H3,(H,27,28). The van der Waals surface area contributed by atoms with Gasteiger partial charge in [-0.3, -0.25) is 9.78 Å². The molecule has 0 aliphatic heterocycles. The minimum Gasteiger partial charge on any atom is -0.326 e. The molecule has 0 unspecified atom stereocenters. The maximum absolute atomic E-state index is 12.4. The van der Waals surface area contributed by atoms with Crippen molar-refractivity contribution in [3.63, 3.8) is 0 Å². The Bertz CT molecular complexity index is 1000.